The Morgan fingerprint density at radius 3 is 1.90 bits per heavy atom. The van der Waals surface area contributed by atoms with Crippen molar-refractivity contribution in [2.24, 2.45) is 11.8 Å². The molecule has 4 saturated heterocycles. The number of piperidine rings is 1. The summed E-state index contributed by atoms with van der Waals surface area (Å²) in [7, 11) is -3.63. The number of carbonyl (C=O) groups is 2. The highest BCUT2D eigenvalue weighted by Crippen LogP contribution is 2.49. The Bertz CT molecular complexity index is 922. The van der Waals surface area contributed by atoms with Crippen molar-refractivity contribution in [1.29, 1.82) is 0 Å². The van der Waals surface area contributed by atoms with Gasteiger partial charge in [-0.1, -0.05) is 6.42 Å². The second-order valence-corrected chi connectivity index (χ2v) is 10.7. The van der Waals surface area contributed by atoms with Gasteiger partial charge in [0.2, 0.25) is 21.8 Å². The molecular weight excluding hydrogens is 392 g/mol. The van der Waals surface area contributed by atoms with Gasteiger partial charge < -0.3 is 4.74 Å². The number of nitrogens with zero attached hydrogens (tertiary/aromatic N) is 2. The number of rotatable bonds is 3. The maximum atomic E-state index is 13.2. The number of carbonyl (C=O) groups excluding carboxylic acids is 2. The average molecular weight is 419 g/mol. The number of sulfonamides is 1. The van der Waals surface area contributed by atoms with Gasteiger partial charge in [0, 0.05) is 12.1 Å². The molecule has 0 aliphatic carbocycles. The first-order chi connectivity index (χ1) is 13.8. The van der Waals surface area contributed by atoms with Crippen molar-refractivity contribution < 1.29 is 22.7 Å². The molecule has 0 radical (unpaired) electrons. The average Bonchev–Trinajstić information content (AvgIpc) is 3.35. The fourth-order valence-corrected chi connectivity index (χ4v) is 7.61. The van der Waals surface area contributed by atoms with Gasteiger partial charge >= 0.3 is 0 Å². The predicted octanol–water partition coefficient (Wildman–Crippen LogP) is 2.30. The van der Waals surface area contributed by atoms with E-state index in [9.17, 15) is 18.0 Å². The van der Waals surface area contributed by atoms with Crippen LogP contribution < -0.4 is 4.90 Å². The van der Waals surface area contributed by atoms with Crippen molar-refractivity contribution in [2.45, 2.75) is 75.1 Å². The van der Waals surface area contributed by atoms with Gasteiger partial charge in [-0.15, -0.1) is 0 Å². The molecule has 4 fully saturated rings. The van der Waals surface area contributed by atoms with Crippen LogP contribution in [0.2, 0.25) is 0 Å². The van der Waals surface area contributed by atoms with Gasteiger partial charge in [-0.2, -0.15) is 4.31 Å². The van der Waals surface area contributed by atoms with Crippen LogP contribution >= 0.6 is 0 Å². The molecule has 1 aromatic rings. The summed E-state index contributed by atoms with van der Waals surface area (Å²) in [6, 6.07) is 6.09. The van der Waals surface area contributed by atoms with Gasteiger partial charge in [0.1, 0.15) is 0 Å². The smallest absolute Gasteiger partial charge is 0.243 e. The van der Waals surface area contributed by atoms with Crippen LogP contribution in [0.5, 0.6) is 0 Å². The number of hydrogen-bond acceptors (Lipinski definition) is 5. The molecule has 156 valence electrons. The van der Waals surface area contributed by atoms with E-state index in [1.54, 1.807) is 16.4 Å². The zero-order chi connectivity index (χ0) is 20.5. The molecule has 2 bridgehead atoms. The van der Waals surface area contributed by atoms with Gasteiger partial charge in [-0.05, 0) is 63.8 Å². The molecule has 0 saturated carbocycles. The first-order valence-corrected chi connectivity index (χ1v) is 11.9. The van der Waals surface area contributed by atoms with E-state index >= 15 is 0 Å². The molecule has 5 rings (SSSR count). The van der Waals surface area contributed by atoms with Crippen LogP contribution in [0, 0.1) is 11.8 Å². The molecule has 0 aromatic heterocycles. The molecule has 6 atom stereocenters. The van der Waals surface area contributed by atoms with E-state index in [0.29, 0.717) is 5.69 Å². The minimum atomic E-state index is -3.63. The van der Waals surface area contributed by atoms with Crippen molar-refractivity contribution in [3.05, 3.63) is 24.3 Å². The standard InChI is InChI=1S/C21H26N2O5S/c1-12-4-3-5-13(2)23(12)29(26,27)15-8-6-14(7-9-15)22-20(24)18-16-10-11-17(28-16)19(18)21(22)25/h6-9,12-13,16-19H,3-5,10-11H2,1-2H3/t12-,13+,16-,17-,18-,19+/m0/s1. The van der Waals surface area contributed by atoms with Crippen LogP contribution in [0.3, 0.4) is 0 Å². The minimum absolute atomic E-state index is 0.0417. The number of anilines is 1. The highest BCUT2D eigenvalue weighted by molar-refractivity contribution is 7.89. The second-order valence-electron chi connectivity index (χ2n) is 8.81. The van der Waals surface area contributed by atoms with Gasteiger partial charge in [-0.3, -0.25) is 9.59 Å². The third kappa shape index (κ3) is 2.72. The number of benzene rings is 1. The number of amides is 2. The van der Waals surface area contributed by atoms with Crippen LogP contribution in [0.4, 0.5) is 5.69 Å². The third-order valence-electron chi connectivity index (χ3n) is 7.07. The lowest BCUT2D eigenvalue weighted by Crippen LogP contribution is -2.47. The lowest BCUT2D eigenvalue weighted by Gasteiger charge is -2.37. The Balaban J connectivity index is 1.42. The second kappa shape index (κ2) is 6.62. The minimum Gasteiger partial charge on any atom is -0.373 e. The first kappa shape index (κ1) is 19.2. The van der Waals surface area contributed by atoms with Crippen LogP contribution in [-0.4, -0.2) is 48.8 Å². The van der Waals surface area contributed by atoms with E-state index < -0.39 is 10.0 Å². The zero-order valence-electron chi connectivity index (χ0n) is 16.7. The quantitative estimate of drug-likeness (QED) is 0.704. The van der Waals surface area contributed by atoms with Gasteiger partial charge in [0.05, 0.1) is 34.6 Å². The molecule has 29 heavy (non-hydrogen) atoms. The number of fused-ring (bicyclic) bond motifs is 5. The maximum Gasteiger partial charge on any atom is 0.243 e. The van der Waals surface area contributed by atoms with E-state index in [0.717, 1.165) is 32.1 Å². The van der Waals surface area contributed by atoms with Crippen molar-refractivity contribution in [3.63, 3.8) is 0 Å². The van der Waals surface area contributed by atoms with Crippen LogP contribution in [0.25, 0.3) is 0 Å². The predicted molar refractivity (Wildman–Crippen MR) is 106 cm³/mol. The lowest BCUT2D eigenvalue weighted by molar-refractivity contribution is -0.124. The summed E-state index contributed by atoms with van der Waals surface area (Å²) in [5.41, 5.74) is 0.437. The molecule has 8 heteroatoms. The van der Waals surface area contributed by atoms with Gasteiger partial charge in [-0.25, -0.2) is 13.3 Å². The van der Waals surface area contributed by atoms with Crippen LogP contribution in [0.15, 0.2) is 29.2 Å². The lowest BCUT2D eigenvalue weighted by atomic mass is 9.81. The summed E-state index contributed by atoms with van der Waals surface area (Å²) in [6.45, 7) is 3.89. The first-order valence-electron chi connectivity index (χ1n) is 10.5. The van der Waals surface area contributed by atoms with Crippen molar-refractivity contribution in [3.8, 4) is 0 Å². The molecule has 4 aliphatic rings. The molecular formula is C21H26N2O5S. The van der Waals surface area contributed by atoms with Gasteiger partial charge in [0.15, 0.2) is 0 Å². The van der Waals surface area contributed by atoms with Crippen molar-refractivity contribution in [1.82, 2.24) is 4.31 Å². The van der Waals surface area contributed by atoms with E-state index in [4.69, 9.17) is 4.74 Å². The number of imide groups is 1. The summed E-state index contributed by atoms with van der Waals surface area (Å²) in [6.07, 6.45) is 4.06. The monoisotopic (exact) mass is 418 g/mol. The highest BCUT2D eigenvalue weighted by Gasteiger charge is 2.62. The molecule has 2 amide bonds. The molecule has 4 aliphatic heterocycles. The topological polar surface area (TPSA) is 84.0 Å². The largest absolute Gasteiger partial charge is 0.373 e. The Labute approximate surface area is 171 Å². The number of ether oxygens (including phenoxy) is 1. The summed E-state index contributed by atoms with van der Waals surface area (Å²) < 4.78 is 33.7. The zero-order valence-corrected chi connectivity index (χ0v) is 17.5. The van der Waals surface area contributed by atoms with E-state index in [2.05, 4.69) is 0 Å². The molecule has 0 spiro atoms. The highest BCUT2D eigenvalue weighted by atomic mass is 32.2. The van der Waals surface area contributed by atoms with Crippen LogP contribution in [-0.2, 0) is 24.3 Å². The molecule has 4 heterocycles. The normalized spacial score (nSPS) is 37.4. The Kier molecular flexibility index (Phi) is 4.38. The summed E-state index contributed by atoms with van der Waals surface area (Å²) >= 11 is 0. The summed E-state index contributed by atoms with van der Waals surface area (Å²) in [4.78, 5) is 27.2. The van der Waals surface area contributed by atoms with Crippen molar-refractivity contribution >= 4 is 27.5 Å². The number of hydrogen-bond donors (Lipinski definition) is 0. The fourth-order valence-electron chi connectivity index (χ4n) is 5.73. The summed E-state index contributed by atoms with van der Waals surface area (Å²) in [5, 5.41) is 0. The van der Waals surface area contributed by atoms with Gasteiger partial charge in [0.25, 0.3) is 0 Å². The Morgan fingerprint density at radius 1 is 0.862 bits per heavy atom. The molecule has 0 unspecified atom stereocenters. The summed E-state index contributed by atoms with van der Waals surface area (Å²) in [5.74, 6) is -1.22. The van der Waals surface area contributed by atoms with E-state index in [1.165, 1.54) is 17.0 Å². The van der Waals surface area contributed by atoms with Crippen molar-refractivity contribution in [2.75, 3.05) is 4.90 Å². The fraction of sp³-hybridized carbons (Fsp3) is 0.619. The van der Waals surface area contributed by atoms with E-state index in [-0.39, 0.29) is 52.8 Å². The third-order valence-corrected chi connectivity index (χ3v) is 9.21. The molecule has 1 aromatic carbocycles. The Hall–Kier alpha value is -1.77. The SMILES string of the molecule is C[C@@H]1CCC[C@H](C)N1S(=O)(=O)c1ccc(N2C(=O)[C@@H]3[C@H](C2=O)[C@@H]2CC[C@@H]3O2)cc1. The molecule has 7 nitrogen and oxygen atoms in total. The van der Waals surface area contributed by atoms with E-state index in [1.807, 2.05) is 13.8 Å². The van der Waals surface area contributed by atoms with Crippen LogP contribution in [0.1, 0.15) is 46.0 Å². The maximum absolute atomic E-state index is 13.2. The Morgan fingerprint density at radius 2 is 1.38 bits per heavy atom. The molecule has 0 N–H and O–H groups in total.